The minimum Gasteiger partial charge on any atom is -0.337 e. The lowest BCUT2D eigenvalue weighted by molar-refractivity contribution is -0.132. The van der Waals surface area contributed by atoms with Crippen molar-refractivity contribution in [2.45, 2.75) is 51.1 Å². The largest absolute Gasteiger partial charge is 0.337 e. The van der Waals surface area contributed by atoms with Gasteiger partial charge in [0.1, 0.15) is 12.1 Å². The van der Waals surface area contributed by atoms with E-state index in [2.05, 4.69) is 15.5 Å². The van der Waals surface area contributed by atoms with Gasteiger partial charge in [0, 0.05) is 5.92 Å². The van der Waals surface area contributed by atoms with Gasteiger partial charge in [-0.05, 0) is 30.4 Å². The monoisotopic (exact) mass is 340 g/mol. The molecule has 0 saturated carbocycles. The zero-order chi connectivity index (χ0) is 17.6. The Morgan fingerprint density at radius 2 is 2.12 bits per heavy atom. The first kappa shape index (κ1) is 15.8. The minimum absolute atomic E-state index is 0.00565. The Morgan fingerprint density at radius 1 is 1.32 bits per heavy atom. The Kier molecular flexibility index (Phi) is 3.59. The summed E-state index contributed by atoms with van der Waals surface area (Å²) in [6, 6.07) is 7.40. The molecule has 1 aromatic heterocycles. The van der Waals surface area contributed by atoms with E-state index >= 15 is 0 Å². The Balaban J connectivity index is 1.65. The summed E-state index contributed by atoms with van der Waals surface area (Å²) >= 11 is 0. The second-order valence-corrected chi connectivity index (χ2v) is 6.94. The van der Waals surface area contributed by atoms with Crippen molar-refractivity contribution in [3.63, 3.8) is 0 Å². The zero-order valence-electron chi connectivity index (χ0n) is 14.3. The number of urea groups is 1. The second kappa shape index (κ2) is 5.68. The van der Waals surface area contributed by atoms with Crippen LogP contribution in [0.1, 0.15) is 55.4 Å². The lowest BCUT2D eigenvalue weighted by Crippen LogP contribution is -2.46. The van der Waals surface area contributed by atoms with E-state index in [1.54, 1.807) is 0 Å². The first-order valence-electron chi connectivity index (χ1n) is 8.56. The molecule has 130 valence electrons. The number of hydrogen-bond acceptors (Lipinski definition) is 5. The maximum atomic E-state index is 13.2. The molecule has 1 aliphatic heterocycles. The Morgan fingerprint density at radius 3 is 2.88 bits per heavy atom. The molecule has 0 bridgehead atoms. The SMILES string of the molecule is CC(C)c1noc(CN2C(=O)NC3(CCCc4ccccc43)C2=O)n1. The van der Waals surface area contributed by atoms with Crippen molar-refractivity contribution < 1.29 is 14.1 Å². The van der Waals surface area contributed by atoms with Crippen LogP contribution < -0.4 is 5.32 Å². The van der Waals surface area contributed by atoms with Crippen LogP contribution in [0.5, 0.6) is 0 Å². The summed E-state index contributed by atoms with van der Waals surface area (Å²) in [7, 11) is 0. The number of hydrogen-bond donors (Lipinski definition) is 1. The molecule has 1 aromatic carbocycles. The van der Waals surface area contributed by atoms with Gasteiger partial charge in [0.25, 0.3) is 5.91 Å². The molecule has 1 saturated heterocycles. The normalized spacial score (nSPS) is 22.6. The third kappa shape index (κ3) is 2.42. The van der Waals surface area contributed by atoms with E-state index < -0.39 is 11.6 Å². The maximum absolute atomic E-state index is 13.2. The molecule has 3 amide bonds. The third-order valence-corrected chi connectivity index (χ3v) is 4.94. The topological polar surface area (TPSA) is 88.3 Å². The van der Waals surface area contributed by atoms with Gasteiger partial charge in [-0.2, -0.15) is 4.98 Å². The van der Waals surface area contributed by atoms with E-state index in [-0.39, 0.29) is 24.3 Å². The smallest absolute Gasteiger partial charge is 0.325 e. The molecule has 2 aromatic rings. The Hall–Kier alpha value is -2.70. The van der Waals surface area contributed by atoms with E-state index in [0.29, 0.717) is 12.2 Å². The molecule has 2 aliphatic rings. The highest BCUT2D eigenvalue weighted by Gasteiger charge is 2.54. The number of nitrogens with one attached hydrogen (secondary N) is 1. The molecule has 7 nitrogen and oxygen atoms in total. The van der Waals surface area contributed by atoms with Gasteiger partial charge in [-0.25, -0.2) is 4.79 Å². The van der Waals surface area contributed by atoms with E-state index in [4.69, 9.17) is 4.52 Å². The highest BCUT2D eigenvalue weighted by Crippen LogP contribution is 2.40. The minimum atomic E-state index is -0.965. The molecule has 7 heteroatoms. The van der Waals surface area contributed by atoms with E-state index in [1.165, 1.54) is 4.90 Å². The van der Waals surface area contributed by atoms with Gasteiger partial charge in [0.05, 0.1) is 0 Å². The lowest BCUT2D eigenvalue weighted by atomic mass is 9.76. The first-order valence-corrected chi connectivity index (χ1v) is 8.56. The first-order chi connectivity index (χ1) is 12.0. The lowest BCUT2D eigenvalue weighted by Gasteiger charge is -2.33. The highest BCUT2D eigenvalue weighted by molar-refractivity contribution is 6.07. The summed E-state index contributed by atoms with van der Waals surface area (Å²) in [5.41, 5.74) is 1.05. The summed E-state index contributed by atoms with van der Waals surface area (Å²) < 4.78 is 5.19. The summed E-state index contributed by atoms with van der Waals surface area (Å²) in [4.78, 5) is 31.1. The van der Waals surface area contributed by atoms with Crippen molar-refractivity contribution in [1.29, 1.82) is 0 Å². The number of aromatic nitrogens is 2. The summed E-state index contributed by atoms with van der Waals surface area (Å²) in [6.07, 6.45) is 2.38. The van der Waals surface area contributed by atoms with Crippen molar-refractivity contribution in [1.82, 2.24) is 20.4 Å². The molecule has 1 fully saturated rings. The standard InChI is InChI=1S/C18H20N4O3/c1-11(2)15-19-14(25-21-15)10-22-16(23)18(20-17(22)24)9-5-7-12-6-3-4-8-13(12)18/h3-4,6,8,11H,5,7,9-10H2,1-2H3,(H,20,24). The fourth-order valence-electron chi connectivity index (χ4n) is 3.66. The van der Waals surface area contributed by atoms with Crippen molar-refractivity contribution in [3.05, 3.63) is 47.1 Å². The summed E-state index contributed by atoms with van der Waals surface area (Å²) in [5.74, 6) is 0.722. The Bertz CT molecular complexity index is 844. The predicted molar refractivity (Wildman–Crippen MR) is 88.5 cm³/mol. The van der Waals surface area contributed by atoms with Crippen LogP contribution in [0, 0.1) is 0 Å². The molecule has 1 atom stereocenters. The number of carbonyl (C=O) groups excluding carboxylic acids is 2. The zero-order valence-corrected chi connectivity index (χ0v) is 14.3. The van der Waals surface area contributed by atoms with Gasteiger partial charge < -0.3 is 9.84 Å². The molecule has 4 rings (SSSR count). The van der Waals surface area contributed by atoms with E-state index in [1.807, 2.05) is 38.1 Å². The quantitative estimate of drug-likeness (QED) is 0.867. The second-order valence-electron chi connectivity index (χ2n) is 6.94. The highest BCUT2D eigenvalue weighted by atomic mass is 16.5. The molecule has 0 radical (unpaired) electrons. The average Bonchev–Trinajstić information content (AvgIpc) is 3.16. The number of amides is 3. The molecule has 2 heterocycles. The van der Waals surface area contributed by atoms with Crippen LogP contribution in [-0.4, -0.2) is 27.0 Å². The molecule has 1 aliphatic carbocycles. The number of rotatable bonds is 3. The molecule has 1 spiro atoms. The predicted octanol–water partition coefficient (Wildman–Crippen LogP) is 2.48. The molecular weight excluding hydrogens is 320 g/mol. The van der Waals surface area contributed by atoms with Crippen LogP contribution >= 0.6 is 0 Å². The third-order valence-electron chi connectivity index (χ3n) is 4.94. The number of fused-ring (bicyclic) bond motifs is 2. The van der Waals surface area contributed by atoms with Crippen LogP contribution in [0.2, 0.25) is 0 Å². The molecule has 25 heavy (non-hydrogen) atoms. The van der Waals surface area contributed by atoms with E-state index in [9.17, 15) is 9.59 Å². The number of carbonyl (C=O) groups is 2. The van der Waals surface area contributed by atoms with Crippen LogP contribution in [0.4, 0.5) is 4.79 Å². The van der Waals surface area contributed by atoms with E-state index in [0.717, 1.165) is 24.0 Å². The van der Waals surface area contributed by atoms with Crippen molar-refractivity contribution in [2.24, 2.45) is 0 Å². The fraction of sp³-hybridized carbons (Fsp3) is 0.444. The van der Waals surface area contributed by atoms with Gasteiger partial charge in [0.2, 0.25) is 5.89 Å². The molecular formula is C18H20N4O3. The van der Waals surface area contributed by atoms with Crippen LogP contribution in [0.25, 0.3) is 0 Å². The van der Waals surface area contributed by atoms with Crippen LogP contribution in [0.15, 0.2) is 28.8 Å². The van der Waals surface area contributed by atoms with Gasteiger partial charge in [-0.1, -0.05) is 43.3 Å². The molecule has 1 unspecified atom stereocenters. The average molecular weight is 340 g/mol. The maximum Gasteiger partial charge on any atom is 0.325 e. The van der Waals surface area contributed by atoms with Gasteiger partial charge in [0.15, 0.2) is 5.82 Å². The van der Waals surface area contributed by atoms with Crippen molar-refractivity contribution >= 4 is 11.9 Å². The summed E-state index contributed by atoms with van der Waals surface area (Å²) in [6.45, 7) is 3.90. The van der Waals surface area contributed by atoms with Crippen molar-refractivity contribution in [2.75, 3.05) is 0 Å². The number of nitrogens with zero attached hydrogens (tertiary/aromatic N) is 3. The van der Waals surface area contributed by atoms with Crippen LogP contribution in [0.3, 0.4) is 0 Å². The number of imide groups is 1. The Labute approximate surface area is 145 Å². The van der Waals surface area contributed by atoms with Gasteiger partial charge >= 0.3 is 6.03 Å². The number of benzene rings is 1. The number of aryl methyl sites for hydroxylation is 1. The summed E-state index contributed by atoms with van der Waals surface area (Å²) in [5, 5.41) is 6.81. The van der Waals surface area contributed by atoms with Crippen molar-refractivity contribution in [3.8, 4) is 0 Å². The fourth-order valence-corrected chi connectivity index (χ4v) is 3.66. The van der Waals surface area contributed by atoms with Gasteiger partial charge in [-0.15, -0.1) is 0 Å². The van der Waals surface area contributed by atoms with Gasteiger partial charge in [-0.3, -0.25) is 9.69 Å². The molecule has 1 N–H and O–H groups in total. The van der Waals surface area contributed by atoms with Crippen LogP contribution in [-0.2, 0) is 23.3 Å².